The summed E-state index contributed by atoms with van der Waals surface area (Å²) in [6, 6.07) is 2.30. The van der Waals surface area contributed by atoms with Crippen molar-refractivity contribution in [1.29, 1.82) is 0 Å². The van der Waals surface area contributed by atoms with Crippen molar-refractivity contribution in [2.24, 2.45) is 5.92 Å². The standard InChI is InChI=1S/C30H32Cl2F3N5O5/c1-14(2)36-28(44)25(42)22(11-16-7-8-16)38-27(43)23(12-17-9-20(31)24(41)21(32)10-17)37-26(30(33,34)35)18-5-4-6-19(13-18)29-40-39-15(3)45-29/h4-6,9-10,13-14,16,22-23,26,37,41H,7-8,11-12H2,1-3H3,(H,36,44)(H,38,43)/t22-,23-,26-/m0/s1. The maximum absolute atomic E-state index is 14.7. The van der Waals surface area contributed by atoms with E-state index in [-0.39, 0.29) is 63.3 Å². The van der Waals surface area contributed by atoms with Crippen LogP contribution < -0.4 is 16.0 Å². The number of benzene rings is 2. The molecule has 0 spiro atoms. The van der Waals surface area contributed by atoms with Crippen molar-refractivity contribution in [3.05, 3.63) is 63.5 Å². The lowest BCUT2D eigenvalue weighted by atomic mass is 9.98. The van der Waals surface area contributed by atoms with Gasteiger partial charge in [0.05, 0.1) is 22.1 Å². The average Bonchev–Trinajstić information content (AvgIpc) is 3.67. The van der Waals surface area contributed by atoms with E-state index in [2.05, 4.69) is 26.1 Å². The van der Waals surface area contributed by atoms with Crippen molar-refractivity contribution in [3.8, 4) is 17.2 Å². The zero-order valence-corrected chi connectivity index (χ0v) is 26.1. The fourth-order valence-electron chi connectivity index (χ4n) is 4.73. The number of hydrogen-bond acceptors (Lipinski definition) is 8. The topological polar surface area (TPSA) is 146 Å². The summed E-state index contributed by atoms with van der Waals surface area (Å²) in [5, 5.41) is 24.7. The summed E-state index contributed by atoms with van der Waals surface area (Å²) in [5.41, 5.74) is 0.208. The van der Waals surface area contributed by atoms with Gasteiger partial charge < -0.3 is 20.2 Å². The predicted octanol–water partition coefficient (Wildman–Crippen LogP) is 5.24. The van der Waals surface area contributed by atoms with Crippen molar-refractivity contribution in [3.63, 3.8) is 0 Å². The fraction of sp³-hybridized carbons (Fsp3) is 0.433. The molecule has 1 saturated carbocycles. The van der Waals surface area contributed by atoms with Crippen molar-refractivity contribution in [2.75, 3.05) is 0 Å². The number of aryl methyl sites for hydroxylation is 1. The number of nitrogens with zero attached hydrogens (tertiary/aromatic N) is 2. The summed E-state index contributed by atoms with van der Waals surface area (Å²) < 4.78 is 49.3. The number of hydrogen-bond donors (Lipinski definition) is 4. The van der Waals surface area contributed by atoms with Gasteiger partial charge in [0.1, 0.15) is 6.04 Å². The van der Waals surface area contributed by atoms with E-state index in [9.17, 15) is 32.7 Å². The smallest absolute Gasteiger partial charge is 0.407 e. The van der Waals surface area contributed by atoms with Crippen LogP contribution in [0.4, 0.5) is 13.2 Å². The van der Waals surface area contributed by atoms with Crippen LogP contribution in [0.3, 0.4) is 0 Å². The number of ketones is 1. The fourth-order valence-corrected chi connectivity index (χ4v) is 5.26. The van der Waals surface area contributed by atoms with Gasteiger partial charge in [-0.15, -0.1) is 10.2 Å². The van der Waals surface area contributed by atoms with E-state index in [1.165, 1.54) is 36.4 Å². The number of Topliss-reactive ketones (excluding diaryl/α,β-unsaturated/α-hetero) is 1. The molecule has 4 rings (SSSR count). The minimum atomic E-state index is -4.90. The monoisotopic (exact) mass is 669 g/mol. The minimum absolute atomic E-state index is 0.0130. The van der Waals surface area contributed by atoms with Gasteiger partial charge >= 0.3 is 6.18 Å². The Morgan fingerprint density at radius 3 is 2.27 bits per heavy atom. The molecular formula is C30H32Cl2F3N5O5. The van der Waals surface area contributed by atoms with Gasteiger partial charge in [-0.05, 0) is 68.0 Å². The number of aromatic nitrogens is 2. The Kier molecular flexibility index (Phi) is 10.8. The lowest BCUT2D eigenvalue weighted by molar-refractivity contribution is -0.161. The van der Waals surface area contributed by atoms with Gasteiger partial charge in [-0.2, -0.15) is 13.2 Å². The number of halogens is 5. The SMILES string of the molecule is Cc1nnc(-c2cccc([C@H](N[C@@H](Cc3cc(Cl)c(O)c(Cl)c3)C(=O)N[C@@H](CC3CC3)C(=O)C(=O)NC(C)C)C(F)(F)F)c2)o1. The summed E-state index contributed by atoms with van der Waals surface area (Å²) in [4.78, 5) is 39.4. The van der Waals surface area contributed by atoms with Crippen molar-refractivity contribution in [1.82, 2.24) is 26.1 Å². The van der Waals surface area contributed by atoms with Gasteiger partial charge in [-0.1, -0.05) is 48.2 Å². The number of amides is 2. The first-order valence-electron chi connectivity index (χ1n) is 14.2. The Balaban J connectivity index is 1.69. The van der Waals surface area contributed by atoms with E-state index in [0.29, 0.717) is 0 Å². The van der Waals surface area contributed by atoms with Crippen LogP contribution in [0, 0.1) is 12.8 Å². The zero-order chi connectivity index (χ0) is 33.1. The molecule has 3 aromatic rings. The Labute approximate surface area is 267 Å². The molecule has 1 aliphatic carbocycles. The van der Waals surface area contributed by atoms with Gasteiger partial charge in [0.25, 0.3) is 5.91 Å². The third-order valence-electron chi connectivity index (χ3n) is 7.06. The number of nitrogens with one attached hydrogen (secondary N) is 3. The molecule has 2 amide bonds. The number of aromatic hydroxyl groups is 1. The van der Waals surface area contributed by atoms with E-state index in [1.807, 2.05) is 0 Å². The molecule has 0 saturated heterocycles. The number of phenols is 1. The van der Waals surface area contributed by atoms with Crippen LogP contribution in [0.1, 0.15) is 56.2 Å². The van der Waals surface area contributed by atoms with Gasteiger partial charge in [0.2, 0.25) is 23.5 Å². The summed E-state index contributed by atoms with van der Waals surface area (Å²) in [5.74, 6) is -2.85. The molecule has 1 heterocycles. The molecule has 45 heavy (non-hydrogen) atoms. The van der Waals surface area contributed by atoms with Crippen LogP contribution in [0.5, 0.6) is 5.75 Å². The Morgan fingerprint density at radius 1 is 1.04 bits per heavy atom. The highest BCUT2D eigenvalue weighted by atomic mass is 35.5. The van der Waals surface area contributed by atoms with E-state index in [4.69, 9.17) is 27.6 Å². The van der Waals surface area contributed by atoms with Crippen LogP contribution in [-0.2, 0) is 20.8 Å². The number of alkyl halides is 3. The number of carbonyl (C=O) groups excluding carboxylic acids is 3. The van der Waals surface area contributed by atoms with Gasteiger partial charge in [-0.25, -0.2) is 0 Å². The second-order valence-electron chi connectivity index (χ2n) is 11.3. The molecule has 0 bridgehead atoms. The second-order valence-corrected chi connectivity index (χ2v) is 12.1. The Morgan fingerprint density at radius 2 is 1.71 bits per heavy atom. The van der Waals surface area contributed by atoms with Crippen LogP contribution in [0.25, 0.3) is 11.5 Å². The second kappa shape index (κ2) is 14.2. The van der Waals surface area contributed by atoms with E-state index in [1.54, 1.807) is 20.8 Å². The first-order valence-corrected chi connectivity index (χ1v) is 14.9. The maximum atomic E-state index is 14.7. The average molecular weight is 671 g/mol. The largest absolute Gasteiger partial charge is 0.505 e. The Bertz CT molecular complexity index is 1540. The number of rotatable bonds is 13. The molecule has 4 N–H and O–H groups in total. The van der Waals surface area contributed by atoms with Crippen LogP contribution in [-0.4, -0.2) is 57.2 Å². The van der Waals surface area contributed by atoms with Crippen molar-refractivity contribution in [2.45, 2.75) is 76.8 Å². The molecule has 3 atom stereocenters. The van der Waals surface area contributed by atoms with Gasteiger partial charge in [0, 0.05) is 18.5 Å². The molecule has 0 unspecified atom stereocenters. The summed E-state index contributed by atoms with van der Waals surface area (Å²) in [6.07, 6.45) is -3.52. The number of phenolic OH excluding ortho intramolecular Hbond substituents is 1. The van der Waals surface area contributed by atoms with E-state index < -0.39 is 47.6 Å². The predicted molar refractivity (Wildman–Crippen MR) is 160 cm³/mol. The highest BCUT2D eigenvalue weighted by Crippen LogP contribution is 2.37. The van der Waals surface area contributed by atoms with Crippen molar-refractivity contribution >= 4 is 40.8 Å². The molecular weight excluding hydrogens is 638 g/mol. The maximum Gasteiger partial charge on any atom is 0.407 e. The van der Waals surface area contributed by atoms with Crippen LogP contribution >= 0.6 is 23.2 Å². The molecule has 1 aliphatic rings. The molecule has 1 aromatic heterocycles. The number of carbonyl (C=O) groups is 3. The van der Waals surface area contributed by atoms with E-state index in [0.717, 1.165) is 12.8 Å². The first-order chi connectivity index (χ1) is 21.1. The molecule has 15 heteroatoms. The summed E-state index contributed by atoms with van der Waals surface area (Å²) in [7, 11) is 0. The molecule has 0 aliphatic heterocycles. The Hall–Kier alpha value is -3.68. The molecule has 2 aromatic carbocycles. The van der Waals surface area contributed by atoms with Gasteiger partial charge in [-0.3, -0.25) is 19.7 Å². The molecule has 10 nitrogen and oxygen atoms in total. The highest BCUT2D eigenvalue weighted by Gasteiger charge is 2.44. The third-order valence-corrected chi connectivity index (χ3v) is 7.64. The van der Waals surface area contributed by atoms with Crippen LogP contribution in [0.15, 0.2) is 40.8 Å². The first kappa shape index (κ1) is 34.2. The lowest BCUT2D eigenvalue weighted by Gasteiger charge is -2.29. The summed E-state index contributed by atoms with van der Waals surface area (Å²) in [6.45, 7) is 4.87. The lowest BCUT2D eigenvalue weighted by Crippen LogP contribution is -2.55. The minimum Gasteiger partial charge on any atom is -0.505 e. The van der Waals surface area contributed by atoms with Gasteiger partial charge in [0.15, 0.2) is 5.75 Å². The highest BCUT2D eigenvalue weighted by molar-refractivity contribution is 6.38. The quantitative estimate of drug-likeness (QED) is 0.181. The van der Waals surface area contributed by atoms with Crippen molar-refractivity contribution < 1.29 is 37.1 Å². The van der Waals surface area contributed by atoms with Crippen LogP contribution in [0.2, 0.25) is 10.0 Å². The zero-order valence-electron chi connectivity index (χ0n) is 24.5. The van der Waals surface area contributed by atoms with E-state index >= 15 is 0 Å². The molecule has 242 valence electrons. The summed E-state index contributed by atoms with van der Waals surface area (Å²) >= 11 is 12.1. The third kappa shape index (κ3) is 9.18. The molecule has 0 radical (unpaired) electrons. The molecule has 1 fully saturated rings. The normalized spacial score (nSPS) is 15.4.